The van der Waals surface area contributed by atoms with Crippen molar-refractivity contribution in [1.82, 2.24) is 15.1 Å². The fourth-order valence-electron chi connectivity index (χ4n) is 2.67. The zero-order chi connectivity index (χ0) is 12.5. The van der Waals surface area contributed by atoms with Crippen LogP contribution in [0.25, 0.3) is 0 Å². The third kappa shape index (κ3) is 1.94. The molecule has 0 spiro atoms. The van der Waals surface area contributed by atoms with Crippen LogP contribution in [0.1, 0.15) is 35.3 Å². The summed E-state index contributed by atoms with van der Waals surface area (Å²) in [5.74, 6) is 0. The molecule has 1 aromatic carbocycles. The maximum Gasteiger partial charge on any atom is 0.0518 e. The van der Waals surface area contributed by atoms with Crippen molar-refractivity contribution in [3.63, 3.8) is 0 Å². The Bertz CT molecular complexity index is 546. The van der Waals surface area contributed by atoms with E-state index in [0.717, 1.165) is 13.0 Å². The SMILES string of the molecule is Cn1nccc1CNC1CC(N)c2ccccc21. The summed E-state index contributed by atoms with van der Waals surface area (Å²) < 4.78 is 1.90. The van der Waals surface area contributed by atoms with Gasteiger partial charge in [-0.05, 0) is 23.6 Å². The van der Waals surface area contributed by atoms with Gasteiger partial charge >= 0.3 is 0 Å². The molecular weight excluding hydrogens is 224 g/mol. The Hall–Kier alpha value is -1.65. The molecule has 3 rings (SSSR count). The lowest BCUT2D eigenvalue weighted by atomic mass is 10.1. The van der Waals surface area contributed by atoms with E-state index >= 15 is 0 Å². The summed E-state index contributed by atoms with van der Waals surface area (Å²) in [4.78, 5) is 0. The van der Waals surface area contributed by atoms with Gasteiger partial charge in [0.15, 0.2) is 0 Å². The van der Waals surface area contributed by atoms with Gasteiger partial charge < -0.3 is 11.1 Å². The summed E-state index contributed by atoms with van der Waals surface area (Å²) in [6.45, 7) is 0.822. The van der Waals surface area contributed by atoms with E-state index in [2.05, 4.69) is 34.7 Å². The first-order valence-corrected chi connectivity index (χ1v) is 6.30. The Morgan fingerprint density at radius 3 is 2.83 bits per heavy atom. The molecule has 0 saturated heterocycles. The second kappa shape index (κ2) is 4.55. The lowest BCUT2D eigenvalue weighted by Gasteiger charge is -2.14. The van der Waals surface area contributed by atoms with E-state index in [-0.39, 0.29) is 6.04 Å². The lowest BCUT2D eigenvalue weighted by Crippen LogP contribution is -2.21. The van der Waals surface area contributed by atoms with Crippen molar-refractivity contribution in [3.05, 3.63) is 53.3 Å². The van der Waals surface area contributed by atoms with Crippen LogP contribution in [0.15, 0.2) is 36.5 Å². The van der Waals surface area contributed by atoms with Crippen molar-refractivity contribution in [2.45, 2.75) is 25.0 Å². The monoisotopic (exact) mass is 242 g/mol. The van der Waals surface area contributed by atoms with Crippen molar-refractivity contribution in [2.75, 3.05) is 0 Å². The number of rotatable bonds is 3. The molecule has 0 bridgehead atoms. The van der Waals surface area contributed by atoms with Crippen molar-refractivity contribution in [2.24, 2.45) is 12.8 Å². The second-order valence-electron chi connectivity index (χ2n) is 4.85. The van der Waals surface area contributed by atoms with Crippen LogP contribution in [0, 0.1) is 0 Å². The van der Waals surface area contributed by atoms with E-state index in [0.29, 0.717) is 6.04 Å². The highest BCUT2D eigenvalue weighted by molar-refractivity contribution is 5.37. The minimum atomic E-state index is 0.158. The number of aromatic nitrogens is 2. The summed E-state index contributed by atoms with van der Waals surface area (Å²) in [5.41, 5.74) is 9.96. The first kappa shape index (κ1) is 11.4. The Morgan fingerprint density at radius 2 is 2.11 bits per heavy atom. The van der Waals surface area contributed by atoms with Crippen LogP contribution in [0.3, 0.4) is 0 Å². The second-order valence-corrected chi connectivity index (χ2v) is 4.85. The molecule has 0 amide bonds. The number of nitrogens with zero attached hydrogens (tertiary/aromatic N) is 2. The molecule has 0 fully saturated rings. The number of nitrogens with one attached hydrogen (secondary N) is 1. The topological polar surface area (TPSA) is 55.9 Å². The Kier molecular flexibility index (Phi) is 2.89. The molecule has 0 saturated carbocycles. The van der Waals surface area contributed by atoms with Gasteiger partial charge in [-0.3, -0.25) is 4.68 Å². The third-order valence-corrected chi connectivity index (χ3v) is 3.71. The smallest absolute Gasteiger partial charge is 0.0518 e. The van der Waals surface area contributed by atoms with Gasteiger partial charge in [0.2, 0.25) is 0 Å². The fourth-order valence-corrected chi connectivity index (χ4v) is 2.67. The van der Waals surface area contributed by atoms with Gasteiger partial charge in [0, 0.05) is 31.9 Å². The van der Waals surface area contributed by atoms with Crippen molar-refractivity contribution < 1.29 is 0 Å². The van der Waals surface area contributed by atoms with E-state index in [1.165, 1.54) is 16.8 Å². The summed E-state index contributed by atoms with van der Waals surface area (Å²) in [6.07, 6.45) is 2.79. The standard InChI is InChI=1S/C14H18N4/c1-18-10(6-7-17-18)9-16-14-8-13(15)11-4-2-3-5-12(11)14/h2-7,13-14,16H,8-9,15H2,1H3. The Labute approximate surface area is 107 Å². The maximum atomic E-state index is 6.16. The zero-order valence-corrected chi connectivity index (χ0v) is 10.5. The zero-order valence-electron chi connectivity index (χ0n) is 10.5. The summed E-state index contributed by atoms with van der Waals surface area (Å²) in [6, 6.07) is 11.0. The van der Waals surface area contributed by atoms with Crippen LogP contribution in [0.5, 0.6) is 0 Å². The number of hydrogen-bond donors (Lipinski definition) is 2. The molecule has 2 unspecified atom stereocenters. The first-order valence-electron chi connectivity index (χ1n) is 6.30. The number of aryl methyl sites for hydroxylation is 1. The number of nitrogens with two attached hydrogens (primary N) is 1. The number of benzene rings is 1. The van der Waals surface area contributed by atoms with Crippen molar-refractivity contribution in [3.8, 4) is 0 Å². The van der Waals surface area contributed by atoms with Gasteiger partial charge in [-0.1, -0.05) is 24.3 Å². The molecule has 18 heavy (non-hydrogen) atoms. The summed E-state index contributed by atoms with van der Waals surface area (Å²) in [7, 11) is 1.96. The van der Waals surface area contributed by atoms with Crippen LogP contribution in [-0.2, 0) is 13.6 Å². The number of hydrogen-bond acceptors (Lipinski definition) is 3. The number of fused-ring (bicyclic) bond motifs is 1. The molecule has 2 atom stereocenters. The predicted molar refractivity (Wildman–Crippen MR) is 70.8 cm³/mol. The van der Waals surface area contributed by atoms with Crippen LogP contribution in [0.4, 0.5) is 0 Å². The van der Waals surface area contributed by atoms with Crippen LogP contribution in [0.2, 0.25) is 0 Å². The highest BCUT2D eigenvalue weighted by atomic mass is 15.3. The Morgan fingerprint density at radius 1 is 1.33 bits per heavy atom. The van der Waals surface area contributed by atoms with Gasteiger partial charge in [0.25, 0.3) is 0 Å². The fraction of sp³-hybridized carbons (Fsp3) is 0.357. The molecule has 1 aromatic heterocycles. The molecule has 0 aliphatic heterocycles. The quantitative estimate of drug-likeness (QED) is 0.860. The van der Waals surface area contributed by atoms with Crippen LogP contribution in [-0.4, -0.2) is 9.78 Å². The first-order chi connectivity index (χ1) is 8.75. The van der Waals surface area contributed by atoms with E-state index < -0.39 is 0 Å². The summed E-state index contributed by atoms with van der Waals surface area (Å²) >= 11 is 0. The maximum absolute atomic E-state index is 6.16. The van der Waals surface area contributed by atoms with E-state index in [1.807, 2.05) is 24.0 Å². The van der Waals surface area contributed by atoms with Crippen LogP contribution >= 0.6 is 0 Å². The highest BCUT2D eigenvalue weighted by Gasteiger charge is 2.27. The molecule has 1 heterocycles. The van der Waals surface area contributed by atoms with Gasteiger partial charge in [-0.2, -0.15) is 5.10 Å². The normalized spacial score (nSPS) is 22.1. The minimum Gasteiger partial charge on any atom is -0.324 e. The molecule has 1 aliphatic carbocycles. The Balaban J connectivity index is 1.74. The van der Waals surface area contributed by atoms with E-state index in [9.17, 15) is 0 Å². The largest absolute Gasteiger partial charge is 0.324 e. The summed E-state index contributed by atoms with van der Waals surface area (Å²) in [5, 5.41) is 7.74. The molecule has 3 N–H and O–H groups in total. The average molecular weight is 242 g/mol. The highest BCUT2D eigenvalue weighted by Crippen LogP contribution is 2.36. The average Bonchev–Trinajstić information content (AvgIpc) is 2.92. The van der Waals surface area contributed by atoms with Crippen molar-refractivity contribution >= 4 is 0 Å². The van der Waals surface area contributed by atoms with E-state index in [1.54, 1.807) is 0 Å². The molecule has 2 aromatic rings. The third-order valence-electron chi connectivity index (χ3n) is 3.71. The van der Waals surface area contributed by atoms with Gasteiger partial charge in [-0.15, -0.1) is 0 Å². The molecular formula is C14H18N4. The van der Waals surface area contributed by atoms with E-state index in [4.69, 9.17) is 5.73 Å². The van der Waals surface area contributed by atoms with Crippen LogP contribution < -0.4 is 11.1 Å². The van der Waals surface area contributed by atoms with Crippen molar-refractivity contribution in [1.29, 1.82) is 0 Å². The van der Waals surface area contributed by atoms with Gasteiger partial charge in [-0.25, -0.2) is 0 Å². The molecule has 4 heteroatoms. The molecule has 0 radical (unpaired) electrons. The molecule has 4 nitrogen and oxygen atoms in total. The predicted octanol–water partition coefficient (Wildman–Crippen LogP) is 1.65. The molecule has 94 valence electrons. The van der Waals surface area contributed by atoms with Gasteiger partial charge in [0.05, 0.1) is 5.69 Å². The minimum absolute atomic E-state index is 0.158. The molecule has 1 aliphatic rings. The van der Waals surface area contributed by atoms with Gasteiger partial charge in [0.1, 0.15) is 0 Å². The lowest BCUT2D eigenvalue weighted by molar-refractivity contribution is 0.486.